The van der Waals surface area contributed by atoms with Gasteiger partial charge in [-0.15, -0.1) is 0 Å². The van der Waals surface area contributed by atoms with Crippen LogP contribution in [0.25, 0.3) is 0 Å². The fourth-order valence-corrected chi connectivity index (χ4v) is 2.71. The number of hydrogen-bond donors (Lipinski definition) is 1. The van der Waals surface area contributed by atoms with Crippen molar-refractivity contribution in [1.29, 1.82) is 0 Å². The summed E-state index contributed by atoms with van der Waals surface area (Å²) in [5.41, 5.74) is 0.787. The van der Waals surface area contributed by atoms with Gasteiger partial charge in [-0.3, -0.25) is 0 Å². The highest BCUT2D eigenvalue weighted by Crippen LogP contribution is 2.20. The maximum atomic E-state index is 13.4. The minimum Gasteiger partial charge on any atom is -0.380 e. The lowest BCUT2D eigenvalue weighted by atomic mass is 9.92. The Bertz CT molecular complexity index is 369. The van der Waals surface area contributed by atoms with E-state index in [1.807, 2.05) is 12.1 Å². The van der Waals surface area contributed by atoms with Crippen molar-refractivity contribution < 1.29 is 9.13 Å². The second-order valence-electron chi connectivity index (χ2n) is 4.96. The molecule has 1 aromatic rings. The molecule has 1 aliphatic carbocycles. The Morgan fingerprint density at radius 2 is 2.06 bits per heavy atom. The quantitative estimate of drug-likeness (QED) is 0.868. The molecule has 0 amide bonds. The van der Waals surface area contributed by atoms with Crippen molar-refractivity contribution in [2.45, 2.75) is 44.2 Å². The summed E-state index contributed by atoms with van der Waals surface area (Å²) in [6.45, 7) is 0.811. The molecule has 3 heteroatoms. The van der Waals surface area contributed by atoms with Gasteiger partial charge >= 0.3 is 0 Å². The van der Waals surface area contributed by atoms with Gasteiger partial charge in [0, 0.05) is 13.2 Å². The highest BCUT2D eigenvalue weighted by atomic mass is 19.1. The summed E-state index contributed by atoms with van der Waals surface area (Å²) in [4.78, 5) is 0. The van der Waals surface area contributed by atoms with E-state index >= 15 is 0 Å². The monoisotopic (exact) mass is 251 g/mol. The molecule has 0 saturated heterocycles. The van der Waals surface area contributed by atoms with E-state index in [1.165, 1.54) is 18.9 Å². The predicted octanol–water partition coefficient (Wildman–Crippen LogP) is 2.92. The van der Waals surface area contributed by atoms with Crippen molar-refractivity contribution in [1.82, 2.24) is 5.32 Å². The van der Waals surface area contributed by atoms with Gasteiger partial charge in [0.05, 0.1) is 6.10 Å². The minimum atomic E-state index is -0.105. The molecule has 2 rings (SSSR count). The van der Waals surface area contributed by atoms with E-state index < -0.39 is 0 Å². The maximum absolute atomic E-state index is 13.4. The molecule has 0 aromatic heterocycles. The molecule has 1 N–H and O–H groups in total. The second kappa shape index (κ2) is 6.86. The molecule has 1 saturated carbocycles. The zero-order valence-corrected chi connectivity index (χ0v) is 11.0. The van der Waals surface area contributed by atoms with Gasteiger partial charge in [-0.05, 0) is 37.4 Å². The zero-order chi connectivity index (χ0) is 12.8. The SMILES string of the molecule is CO[C@@H]1CCCC[C@H]1NCCc1ccccc1F. The number of nitrogens with one attached hydrogen (secondary N) is 1. The molecule has 1 aliphatic rings. The van der Waals surface area contributed by atoms with E-state index in [9.17, 15) is 4.39 Å². The van der Waals surface area contributed by atoms with Gasteiger partial charge in [0.1, 0.15) is 5.82 Å². The number of ether oxygens (including phenoxy) is 1. The lowest BCUT2D eigenvalue weighted by Gasteiger charge is -2.31. The normalized spacial score (nSPS) is 24.1. The van der Waals surface area contributed by atoms with Gasteiger partial charge in [0.2, 0.25) is 0 Å². The number of benzene rings is 1. The Labute approximate surface area is 109 Å². The number of hydrogen-bond acceptors (Lipinski definition) is 2. The third kappa shape index (κ3) is 3.53. The van der Waals surface area contributed by atoms with Crippen LogP contribution in [-0.2, 0) is 11.2 Å². The van der Waals surface area contributed by atoms with Crippen LogP contribution in [0.15, 0.2) is 24.3 Å². The van der Waals surface area contributed by atoms with Crippen molar-refractivity contribution in [3.63, 3.8) is 0 Å². The van der Waals surface area contributed by atoms with E-state index in [0.717, 1.165) is 31.4 Å². The Hall–Kier alpha value is -0.930. The first-order chi connectivity index (χ1) is 8.81. The van der Waals surface area contributed by atoms with Crippen LogP contribution in [0.4, 0.5) is 4.39 Å². The van der Waals surface area contributed by atoms with Crippen LogP contribution < -0.4 is 5.32 Å². The molecule has 2 nitrogen and oxygen atoms in total. The highest BCUT2D eigenvalue weighted by Gasteiger charge is 2.23. The van der Waals surface area contributed by atoms with Gasteiger partial charge in [0.25, 0.3) is 0 Å². The molecule has 0 aliphatic heterocycles. The molecule has 100 valence electrons. The average Bonchev–Trinajstić information content (AvgIpc) is 2.41. The first-order valence-corrected chi connectivity index (χ1v) is 6.81. The van der Waals surface area contributed by atoms with Crippen LogP contribution in [0.5, 0.6) is 0 Å². The molecule has 1 fully saturated rings. The summed E-state index contributed by atoms with van der Waals surface area (Å²) in [6.07, 6.45) is 5.86. The molecule has 0 spiro atoms. The maximum Gasteiger partial charge on any atom is 0.126 e. The predicted molar refractivity (Wildman–Crippen MR) is 71.2 cm³/mol. The van der Waals surface area contributed by atoms with E-state index in [0.29, 0.717) is 12.1 Å². The van der Waals surface area contributed by atoms with E-state index in [1.54, 1.807) is 13.2 Å². The van der Waals surface area contributed by atoms with Crippen molar-refractivity contribution in [2.75, 3.05) is 13.7 Å². The van der Waals surface area contributed by atoms with Gasteiger partial charge in [-0.1, -0.05) is 31.0 Å². The van der Waals surface area contributed by atoms with Gasteiger partial charge < -0.3 is 10.1 Å². The van der Waals surface area contributed by atoms with Crippen LogP contribution >= 0.6 is 0 Å². The Morgan fingerprint density at radius 3 is 2.83 bits per heavy atom. The summed E-state index contributed by atoms with van der Waals surface area (Å²) in [6, 6.07) is 7.42. The van der Waals surface area contributed by atoms with Crippen molar-refractivity contribution >= 4 is 0 Å². The largest absolute Gasteiger partial charge is 0.380 e. The molecular weight excluding hydrogens is 229 g/mol. The lowest BCUT2D eigenvalue weighted by molar-refractivity contribution is 0.0421. The summed E-state index contributed by atoms with van der Waals surface area (Å²) in [5.74, 6) is -0.105. The Kier molecular flexibility index (Phi) is 5.14. The van der Waals surface area contributed by atoms with Gasteiger partial charge in [-0.25, -0.2) is 4.39 Å². The summed E-state index contributed by atoms with van der Waals surface area (Å²) in [7, 11) is 1.78. The smallest absolute Gasteiger partial charge is 0.126 e. The highest BCUT2D eigenvalue weighted by molar-refractivity contribution is 5.17. The van der Waals surface area contributed by atoms with Crippen LogP contribution in [-0.4, -0.2) is 25.8 Å². The van der Waals surface area contributed by atoms with Crippen LogP contribution in [0.3, 0.4) is 0 Å². The summed E-state index contributed by atoms with van der Waals surface area (Å²) in [5, 5.41) is 3.51. The summed E-state index contributed by atoms with van der Waals surface area (Å²) < 4.78 is 18.9. The Balaban J connectivity index is 1.79. The van der Waals surface area contributed by atoms with Crippen molar-refractivity contribution in [3.05, 3.63) is 35.6 Å². The standard InChI is InChI=1S/C15H22FNO/c1-18-15-9-5-4-8-14(15)17-11-10-12-6-2-3-7-13(12)16/h2-3,6-7,14-15,17H,4-5,8-11H2,1H3/t14-,15-/m1/s1. The minimum absolute atomic E-state index is 0.105. The average molecular weight is 251 g/mol. The Morgan fingerprint density at radius 1 is 1.28 bits per heavy atom. The zero-order valence-electron chi connectivity index (χ0n) is 11.0. The van der Waals surface area contributed by atoms with Crippen molar-refractivity contribution in [3.8, 4) is 0 Å². The molecule has 0 bridgehead atoms. The van der Waals surface area contributed by atoms with Gasteiger partial charge in [-0.2, -0.15) is 0 Å². The van der Waals surface area contributed by atoms with Gasteiger partial charge in [0.15, 0.2) is 0 Å². The van der Waals surface area contributed by atoms with E-state index in [-0.39, 0.29) is 5.82 Å². The number of rotatable bonds is 5. The first-order valence-electron chi connectivity index (χ1n) is 6.81. The number of halogens is 1. The third-order valence-electron chi connectivity index (χ3n) is 3.76. The molecular formula is C15H22FNO. The van der Waals surface area contributed by atoms with Crippen molar-refractivity contribution in [2.24, 2.45) is 0 Å². The number of methoxy groups -OCH3 is 1. The molecule has 0 heterocycles. The lowest BCUT2D eigenvalue weighted by Crippen LogP contribution is -2.43. The molecule has 1 aromatic carbocycles. The van der Waals surface area contributed by atoms with Crippen LogP contribution in [0, 0.1) is 5.82 Å². The fraction of sp³-hybridized carbons (Fsp3) is 0.600. The first kappa shape index (κ1) is 13.5. The topological polar surface area (TPSA) is 21.3 Å². The third-order valence-corrected chi connectivity index (χ3v) is 3.76. The second-order valence-corrected chi connectivity index (χ2v) is 4.96. The van der Waals surface area contributed by atoms with Crippen LogP contribution in [0.1, 0.15) is 31.2 Å². The molecule has 18 heavy (non-hydrogen) atoms. The molecule has 0 unspecified atom stereocenters. The molecule has 0 radical (unpaired) electrons. The van der Waals surface area contributed by atoms with Crippen LogP contribution in [0.2, 0.25) is 0 Å². The summed E-state index contributed by atoms with van der Waals surface area (Å²) >= 11 is 0. The molecule has 2 atom stereocenters. The van der Waals surface area contributed by atoms with E-state index in [2.05, 4.69) is 5.32 Å². The fourth-order valence-electron chi connectivity index (χ4n) is 2.71. The van der Waals surface area contributed by atoms with E-state index in [4.69, 9.17) is 4.74 Å².